The van der Waals surface area contributed by atoms with E-state index in [1.54, 1.807) is 0 Å². The van der Waals surface area contributed by atoms with E-state index in [0.29, 0.717) is 6.54 Å². The quantitative estimate of drug-likeness (QED) is 0.888. The van der Waals surface area contributed by atoms with Crippen LogP contribution in [0, 0.1) is 11.8 Å². The van der Waals surface area contributed by atoms with Crippen molar-refractivity contribution in [2.24, 2.45) is 17.6 Å². The molecule has 0 radical (unpaired) electrons. The van der Waals surface area contributed by atoms with Gasteiger partial charge in [-0.1, -0.05) is 32.0 Å². The molecule has 0 spiro atoms. The fourth-order valence-electron chi connectivity index (χ4n) is 2.62. The Labute approximate surface area is 109 Å². The van der Waals surface area contributed by atoms with E-state index in [-0.39, 0.29) is 17.7 Å². The predicted molar refractivity (Wildman–Crippen MR) is 74.5 cm³/mol. The SMILES string of the molecule is CC(C)C(CN)C(=O)N1CCCc2ccccc21. The molecule has 0 bridgehead atoms. The fraction of sp³-hybridized carbons (Fsp3) is 0.533. The van der Waals surface area contributed by atoms with Crippen LogP contribution in [0.3, 0.4) is 0 Å². The van der Waals surface area contributed by atoms with Crippen LogP contribution in [0.5, 0.6) is 0 Å². The van der Waals surface area contributed by atoms with Crippen LogP contribution in [-0.2, 0) is 11.2 Å². The number of nitrogens with two attached hydrogens (primary N) is 1. The summed E-state index contributed by atoms with van der Waals surface area (Å²) >= 11 is 0. The van der Waals surface area contributed by atoms with Crippen molar-refractivity contribution in [3.05, 3.63) is 29.8 Å². The first kappa shape index (κ1) is 13.1. The maximum absolute atomic E-state index is 12.6. The topological polar surface area (TPSA) is 46.3 Å². The molecule has 3 heteroatoms. The zero-order valence-corrected chi connectivity index (χ0v) is 11.2. The van der Waals surface area contributed by atoms with Gasteiger partial charge in [0, 0.05) is 18.8 Å². The van der Waals surface area contributed by atoms with Gasteiger partial charge in [0.25, 0.3) is 0 Å². The molecule has 0 aromatic heterocycles. The Morgan fingerprint density at radius 3 is 2.78 bits per heavy atom. The standard InChI is InChI=1S/C15H22N2O/c1-11(2)13(10-16)15(18)17-9-5-7-12-6-3-4-8-14(12)17/h3-4,6,8,11,13H,5,7,9-10,16H2,1-2H3. The molecule has 98 valence electrons. The number of carbonyl (C=O) groups is 1. The number of para-hydroxylation sites is 1. The minimum absolute atomic E-state index is 0.0730. The van der Waals surface area contributed by atoms with Crippen molar-refractivity contribution < 1.29 is 4.79 Å². The van der Waals surface area contributed by atoms with Gasteiger partial charge in [0.1, 0.15) is 0 Å². The molecule has 0 saturated heterocycles. The summed E-state index contributed by atoms with van der Waals surface area (Å²) in [5.41, 5.74) is 8.11. The summed E-state index contributed by atoms with van der Waals surface area (Å²) in [4.78, 5) is 14.5. The van der Waals surface area contributed by atoms with E-state index in [2.05, 4.69) is 19.9 Å². The van der Waals surface area contributed by atoms with Crippen molar-refractivity contribution in [2.45, 2.75) is 26.7 Å². The Morgan fingerprint density at radius 2 is 2.11 bits per heavy atom. The van der Waals surface area contributed by atoms with E-state index in [0.717, 1.165) is 25.1 Å². The molecule has 1 aromatic rings. The van der Waals surface area contributed by atoms with E-state index in [4.69, 9.17) is 5.73 Å². The smallest absolute Gasteiger partial charge is 0.231 e. The summed E-state index contributed by atoms with van der Waals surface area (Å²) in [6.45, 7) is 5.37. The zero-order valence-electron chi connectivity index (χ0n) is 11.2. The van der Waals surface area contributed by atoms with Crippen LogP contribution in [0.4, 0.5) is 5.69 Å². The van der Waals surface area contributed by atoms with Gasteiger partial charge < -0.3 is 10.6 Å². The van der Waals surface area contributed by atoms with Crippen LogP contribution in [0.15, 0.2) is 24.3 Å². The van der Waals surface area contributed by atoms with Gasteiger partial charge in [0.05, 0.1) is 5.92 Å². The van der Waals surface area contributed by atoms with Crippen molar-refractivity contribution in [3.63, 3.8) is 0 Å². The van der Waals surface area contributed by atoms with E-state index >= 15 is 0 Å². The van der Waals surface area contributed by atoms with E-state index in [1.807, 2.05) is 23.1 Å². The van der Waals surface area contributed by atoms with Crippen LogP contribution in [0.1, 0.15) is 25.8 Å². The van der Waals surface area contributed by atoms with Gasteiger partial charge in [-0.15, -0.1) is 0 Å². The second-order valence-corrected chi connectivity index (χ2v) is 5.31. The number of carbonyl (C=O) groups excluding carboxylic acids is 1. The highest BCUT2D eigenvalue weighted by Crippen LogP contribution is 2.28. The first-order valence-corrected chi connectivity index (χ1v) is 6.74. The van der Waals surface area contributed by atoms with Crippen molar-refractivity contribution in [1.82, 2.24) is 0 Å². The fourth-order valence-corrected chi connectivity index (χ4v) is 2.62. The van der Waals surface area contributed by atoms with Crippen LogP contribution in [0.2, 0.25) is 0 Å². The third-order valence-electron chi connectivity index (χ3n) is 3.75. The summed E-state index contributed by atoms with van der Waals surface area (Å²) in [5, 5.41) is 0. The maximum Gasteiger partial charge on any atom is 0.231 e. The number of hydrogen-bond acceptors (Lipinski definition) is 2. The van der Waals surface area contributed by atoms with Crippen molar-refractivity contribution in [2.75, 3.05) is 18.0 Å². The molecular weight excluding hydrogens is 224 g/mol. The average molecular weight is 246 g/mol. The number of nitrogens with zero attached hydrogens (tertiary/aromatic N) is 1. The van der Waals surface area contributed by atoms with Gasteiger partial charge in [-0.2, -0.15) is 0 Å². The van der Waals surface area contributed by atoms with Gasteiger partial charge in [0.15, 0.2) is 0 Å². The third kappa shape index (κ3) is 2.41. The molecular formula is C15H22N2O. The molecule has 1 aliphatic heterocycles. The minimum Gasteiger partial charge on any atom is -0.330 e. The van der Waals surface area contributed by atoms with E-state index in [9.17, 15) is 4.79 Å². The Balaban J connectivity index is 2.27. The molecule has 0 aliphatic carbocycles. The van der Waals surface area contributed by atoms with Gasteiger partial charge in [-0.3, -0.25) is 4.79 Å². The number of fused-ring (bicyclic) bond motifs is 1. The van der Waals surface area contributed by atoms with Crippen LogP contribution >= 0.6 is 0 Å². The van der Waals surface area contributed by atoms with Crippen LogP contribution < -0.4 is 10.6 Å². The van der Waals surface area contributed by atoms with Crippen molar-refractivity contribution in [1.29, 1.82) is 0 Å². The molecule has 1 aromatic carbocycles. The molecule has 1 unspecified atom stereocenters. The van der Waals surface area contributed by atoms with E-state index in [1.165, 1.54) is 5.56 Å². The highest BCUT2D eigenvalue weighted by atomic mass is 16.2. The highest BCUT2D eigenvalue weighted by molar-refractivity contribution is 5.96. The Bertz CT molecular complexity index is 428. The average Bonchev–Trinajstić information content (AvgIpc) is 2.38. The number of benzene rings is 1. The summed E-state index contributed by atoms with van der Waals surface area (Å²) in [5.74, 6) is 0.396. The summed E-state index contributed by atoms with van der Waals surface area (Å²) < 4.78 is 0. The number of hydrogen-bond donors (Lipinski definition) is 1. The highest BCUT2D eigenvalue weighted by Gasteiger charge is 2.29. The normalized spacial score (nSPS) is 16.6. The van der Waals surface area contributed by atoms with Gasteiger partial charge in [-0.05, 0) is 30.4 Å². The second-order valence-electron chi connectivity index (χ2n) is 5.31. The summed E-state index contributed by atoms with van der Waals surface area (Å²) in [6, 6.07) is 8.19. The monoisotopic (exact) mass is 246 g/mol. The zero-order chi connectivity index (χ0) is 13.1. The lowest BCUT2D eigenvalue weighted by Gasteiger charge is -2.33. The maximum atomic E-state index is 12.6. The second kappa shape index (κ2) is 5.53. The largest absolute Gasteiger partial charge is 0.330 e. The Kier molecular flexibility index (Phi) is 4.02. The molecule has 1 amide bonds. The predicted octanol–water partition coefficient (Wildman–Crippen LogP) is 2.20. The first-order chi connectivity index (χ1) is 8.65. The lowest BCUT2D eigenvalue weighted by Crippen LogP contribution is -2.43. The lowest BCUT2D eigenvalue weighted by molar-refractivity contribution is -0.123. The molecule has 0 fully saturated rings. The molecule has 2 rings (SSSR count). The van der Waals surface area contributed by atoms with Crippen LogP contribution in [-0.4, -0.2) is 19.0 Å². The van der Waals surface area contributed by atoms with Crippen molar-refractivity contribution in [3.8, 4) is 0 Å². The number of anilines is 1. The van der Waals surface area contributed by atoms with Crippen molar-refractivity contribution >= 4 is 11.6 Å². The summed E-state index contributed by atoms with van der Waals surface area (Å²) in [6.07, 6.45) is 2.10. The number of rotatable bonds is 3. The number of amides is 1. The van der Waals surface area contributed by atoms with Crippen LogP contribution in [0.25, 0.3) is 0 Å². The van der Waals surface area contributed by atoms with Gasteiger partial charge in [0.2, 0.25) is 5.91 Å². The molecule has 0 saturated carbocycles. The third-order valence-corrected chi connectivity index (χ3v) is 3.75. The first-order valence-electron chi connectivity index (χ1n) is 6.74. The van der Waals surface area contributed by atoms with Gasteiger partial charge in [-0.25, -0.2) is 0 Å². The summed E-state index contributed by atoms with van der Waals surface area (Å²) in [7, 11) is 0. The Morgan fingerprint density at radius 1 is 1.39 bits per heavy atom. The van der Waals surface area contributed by atoms with E-state index < -0.39 is 0 Å². The lowest BCUT2D eigenvalue weighted by atomic mass is 9.92. The molecule has 1 atom stereocenters. The molecule has 1 aliphatic rings. The molecule has 3 nitrogen and oxygen atoms in total. The molecule has 18 heavy (non-hydrogen) atoms. The minimum atomic E-state index is -0.0730. The number of aryl methyl sites for hydroxylation is 1. The Hall–Kier alpha value is -1.35. The van der Waals surface area contributed by atoms with Gasteiger partial charge >= 0.3 is 0 Å². The molecule has 2 N–H and O–H groups in total. The molecule has 1 heterocycles.